The fraction of sp³-hybridized carbons (Fsp3) is 0.250. The van der Waals surface area contributed by atoms with Gasteiger partial charge >= 0.3 is 0 Å². The zero-order valence-corrected chi connectivity index (χ0v) is 10.9. The van der Waals surface area contributed by atoms with Gasteiger partial charge in [-0.3, -0.25) is 0 Å². The van der Waals surface area contributed by atoms with Crippen molar-refractivity contribution in [2.45, 2.75) is 5.92 Å². The van der Waals surface area contributed by atoms with Crippen LogP contribution in [0.25, 0.3) is 5.69 Å². The zero-order valence-electron chi connectivity index (χ0n) is 8.73. The van der Waals surface area contributed by atoms with Crippen LogP contribution in [0.15, 0.2) is 36.8 Å². The molecule has 2 heterocycles. The van der Waals surface area contributed by atoms with Gasteiger partial charge in [0.25, 0.3) is 0 Å². The van der Waals surface area contributed by atoms with Gasteiger partial charge in [-0.2, -0.15) is 0 Å². The zero-order chi connectivity index (χ0) is 11.0. The second kappa shape index (κ2) is 4.18. The fourth-order valence-corrected chi connectivity index (χ4v) is 2.28. The minimum absolute atomic E-state index is 0.613. The Morgan fingerprint density at radius 3 is 2.62 bits per heavy atom. The van der Waals surface area contributed by atoms with Gasteiger partial charge < -0.3 is 9.88 Å². The largest absolute Gasteiger partial charge is 0.315 e. The van der Waals surface area contributed by atoms with Gasteiger partial charge in [0, 0.05) is 40.2 Å². The van der Waals surface area contributed by atoms with Gasteiger partial charge in [-0.25, -0.2) is 4.98 Å². The summed E-state index contributed by atoms with van der Waals surface area (Å²) in [5.74, 6) is 0.613. The van der Waals surface area contributed by atoms with E-state index in [-0.39, 0.29) is 0 Å². The van der Waals surface area contributed by atoms with Gasteiger partial charge in [0.15, 0.2) is 0 Å². The molecule has 0 bridgehead atoms. The van der Waals surface area contributed by atoms with Crippen molar-refractivity contribution in [2.75, 3.05) is 13.1 Å². The standard InChI is InChI=1S/C12H12IN3/c13-10-1-3-11(4-2-10)16-8-15-7-12(16)9-5-14-6-9/h1-4,7-9,14H,5-6H2. The van der Waals surface area contributed by atoms with Crippen molar-refractivity contribution in [3.05, 3.63) is 46.1 Å². The highest BCUT2D eigenvalue weighted by molar-refractivity contribution is 14.1. The van der Waals surface area contributed by atoms with Crippen LogP contribution in [0.2, 0.25) is 0 Å². The first-order valence-corrected chi connectivity index (χ1v) is 6.41. The van der Waals surface area contributed by atoms with E-state index in [0.29, 0.717) is 5.92 Å². The average Bonchev–Trinajstić information content (AvgIpc) is 2.65. The number of hydrogen-bond acceptors (Lipinski definition) is 2. The molecule has 1 aromatic heterocycles. The number of hydrogen-bond donors (Lipinski definition) is 1. The lowest BCUT2D eigenvalue weighted by Crippen LogP contribution is -2.40. The molecule has 0 aliphatic carbocycles. The first-order valence-electron chi connectivity index (χ1n) is 5.33. The van der Waals surface area contributed by atoms with Crippen molar-refractivity contribution in [1.82, 2.24) is 14.9 Å². The van der Waals surface area contributed by atoms with Crippen LogP contribution >= 0.6 is 22.6 Å². The summed E-state index contributed by atoms with van der Waals surface area (Å²) in [6.45, 7) is 2.13. The van der Waals surface area contributed by atoms with Gasteiger partial charge in [-0.05, 0) is 46.9 Å². The Kier molecular flexibility index (Phi) is 2.69. The molecule has 0 amide bonds. The molecule has 82 valence electrons. The van der Waals surface area contributed by atoms with Crippen LogP contribution < -0.4 is 5.32 Å². The molecule has 1 saturated heterocycles. The number of halogens is 1. The van der Waals surface area contributed by atoms with E-state index in [0.717, 1.165) is 13.1 Å². The van der Waals surface area contributed by atoms with E-state index < -0.39 is 0 Å². The minimum Gasteiger partial charge on any atom is -0.315 e. The van der Waals surface area contributed by atoms with E-state index in [1.165, 1.54) is 15.0 Å². The summed E-state index contributed by atoms with van der Waals surface area (Å²) in [5.41, 5.74) is 2.50. The highest BCUT2D eigenvalue weighted by Crippen LogP contribution is 2.22. The molecule has 3 nitrogen and oxygen atoms in total. The maximum atomic E-state index is 4.26. The Bertz CT molecular complexity index is 485. The van der Waals surface area contributed by atoms with Gasteiger partial charge in [-0.1, -0.05) is 0 Å². The molecule has 4 heteroatoms. The summed E-state index contributed by atoms with van der Waals surface area (Å²) >= 11 is 2.32. The Hall–Kier alpha value is -0.880. The Morgan fingerprint density at radius 1 is 1.25 bits per heavy atom. The molecule has 2 aromatic rings. The number of nitrogens with one attached hydrogen (secondary N) is 1. The highest BCUT2D eigenvalue weighted by atomic mass is 127. The normalized spacial score (nSPS) is 16.1. The Labute approximate surface area is 108 Å². The molecule has 16 heavy (non-hydrogen) atoms. The molecular weight excluding hydrogens is 313 g/mol. The van der Waals surface area contributed by atoms with Crippen molar-refractivity contribution in [2.24, 2.45) is 0 Å². The maximum Gasteiger partial charge on any atom is 0.0994 e. The lowest BCUT2D eigenvalue weighted by atomic mass is 10.00. The summed E-state index contributed by atoms with van der Waals surface area (Å²) in [6, 6.07) is 8.52. The molecule has 0 spiro atoms. The van der Waals surface area contributed by atoms with Crippen LogP contribution in [-0.4, -0.2) is 22.6 Å². The SMILES string of the molecule is Ic1ccc(-n2cncc2C2CNC2)cc1. The molecule has 0 unspecified atom stereocenters. The predicted octanol–water partition coefficient (Wildman–Crippen LogP) is 2.16. The minimum atomic E-state index is 0.613. The first-order chi connectivity index (χ1) is 7.84. The summed E-state index contributed by atoms with van der Waals surface area (Å²) in [4.78, 5) is 4.26. The van der Waals surface area contributed by atoms with E-state index in [2.05, 4.69) is 61.7 Å². The van der Waals surface area contributed by atoms with E-state index >= 15 is 0 Å². The van der Waals surface area contributed by atoms with Crippen LogP contribution in [0, 0.1) is 3.57 Å². The summed E-state index contributed by atoms with van der Waals surface area (Å²) in [5, 5.41) is 3.29. The van der Waals surface area contributed by atoms with Crippen molar-refractivity contribution < 1.29 is 0 Å². The van der Waals surface area contributed by atoms with Crippen molar-refractivity contribution >= 4 is 22.6 Å². The number of imidazole rings is 1. The predicted molar refractivity (Wildman–Crippen MR) is 71.9 cm³/mol. The van der Waals surface area contributed by atoms with Gasteiger partial charge in [0.05, 0.1) is 6.33 Å². The van der Waals surface area contributed by atoms with Crippen molar-refractivity contribution in [3.63, 3.8) is 0 Å². The first kappa shape index (κ1) is 10.3. The number of rotatable bonds is 2. The Balaban J connectivity index is 1.99. The molecule has 0 atom stereocenters. The van der Waals surface area contributed by atoms with Crippen molar-refractivity contribution in [3.8, 4) is 5.69 Å². The monoisotopic (exact) mass is 325 g/mol. The van der Waals surface area contributed by atoms with Crippen LogP contribution in [-0.2, 0) is 0 Å². The highest BCUT2D eigenvalue weighted by Gasteiger charge is 2.22. The summed E-state index contributed by atoms with van der Waals surface area (Å²) in [6.07, 6.45) is 3.87. The smallest absolute Gasteiger partial charge is 0.0994 e. The second-order valence-electron chi connectivity index (χ2n) is 4.02. The number of benzene rings is 1. The quantitative estimate of drug-likeness (QED) is 0.858. The van der Waals surface area contributed by atoms with Crippen LogP contribution in [0.3, 0.4) is 0 Å². The molecule has 1 fully saturated rings. The lowest BCUT2D eigenvalue weighted by Gasteiger charge is -2.27. The van der Waals surface area contributed by atoms with E-state index in [1.807, 2.05) is 12.5 Å². The van der Waals surface area contributed by atoms with Crippen LogP contribution in [0.5, 0.6) is 0 Å². The molecule has 1 N–H and O–H groups in total. The van der Waals surface area contributed by atoms with Crippen molar-refractivity contribution in [1.29, 1.82) is 0 Å². The maximum absolute atomic E-state index is 4.26. The molecule has 0 radical (unpaired) electrons. The molecule has 0 saturated carbocycles. The van der Waals surface area contributed by atoms with E-state index in [9.17, 15) is 0 Å². The molecule has 1 aliphatic heterocycles. The third-order valence-electron chi connectivity index (χ3n) is 2.97. The summed E-state index contributed by atoms with van der Waals surface area (Å²) < 4.78 is 3.44. The number of nitrogens with zero attached hydrogens (tertiary/aromatic N) is 2. The molecule has 3 rings (SSSR count). The topological polar surface area (TPSA) is 29.9 Å². The lowest BCUT2D eigenvalue weighted by molar-refractivity contribution is 0.435. The second-order valence-corrected chi connectivity index (χ2v) is 5.27. The average molecular weight is 325 g/mol. The number of aromatic nitrogens is 2. The molecular formula is C12H12IN3. The third-order valence-corrected chi connectivity index (χ3v) is 3.69. The van der Waals surface area contributed by atoms with E-state index in [1.54, 1.807) is 0 Å². The Morgan fingerprint density at radius 2 is 2.00 bits per heavy atom. The van der Waals surface area contributed by atoms with E-state index in [4.69, 9.17) is 0 Å². The molecule has 1 aromatic carbocycles. The van der Waals surface area contributed by atoms with Crippen LogP contribution in [0.1, 0.15) is 11.6 Å². The third kappa shape index (κ3) is 1.76. The van der Waals surface area contributed by atoms with Gasteiger partial charge in [-0.15, -0.1) is 0 Å². The molecule has 1 aliphatic rings. The van der Waals surface area contributed by atoms with Gasteiger partial charge in [0.1, 0.15) is 0 Å². The van der Waals surface area contributed by atoms with Crippen LogP contribution in [0.4, 0.5) is 0 Å². The van der Waals surface area contributed by atoms with Gasteiger partial charge in [0.2, 0.25) is 0 Å². The fourth-order valence-electron chi connectivity index (χ4n) is 1.92. The summed E-state index contributed by atoms with van der Waals surface area (Å²) in [7, 11) is 0.